The van der Waals surface area contributed by atoms with Gasteiger partial charge in [0.1, 0.15) is 6.04 Å². The highest BCUT2D eigenvalue weighted by molar-refractivity contribution is 7.12. The Morgan fingerprint density at radius 2 is 1.83 bits per heavy atom. The molecule has 8 heteroatoms. The van der Waals surface area contributed by atoms with E-state index in [4.69, 9.17) is 4.42 Å². The van der Waals surface area contributed by atoms with Crippen LogP contribution in [0.2, 0.25) is 0 Å². The van der Waals surface area contributed by atoms with E-state index in [0.717, 1.165) is 0 Å². The number of carbonyl (C=O) groups is 3. The van der Waals surface area contributed by atoms with Crippen molar-refractivity contribution in [2.45, 2.75) is 45.7 Å². The largest absolute Gasteiger partial charge is 0.459 e. The van der Waals surface area contributed by atoms with Gasteiger partial charge in [0.2, 0.25) is 5.91 Å². The number of nitrogens with zero attached hydrogens (tertiary/aromatic N) is 1. The zero-order valence-corrected chi connectivity index (χ0v) is 18.4. The van der Waals surface area contributed by atoms with Crippen molar-refractivity contribution in [3.63, 3.8) is 0 Å². The second kappa shape index (κ2) is 9.93. The summed E-state index contributed by atoms with van der Waals surface area (Å²) >= 11 is 1.35. The number of piperidine rings is 1. The quantitative estimate of drug-likeness (QED) is 0.704. The molecular formula is C22H29N3O4S. The minimum atomic E-state index is -0.637. The standard InChI is InChI=1S/C22H29N3O4S/c1-14(2)15(3)23-21(27)19(24-20(26)18-7-5-13-30-18)16-8-10-25(11-9-16)22(28)17-6-4-12-29-17/h4-7,12-16,19H,8-11H2,1-3H3,(H,23,27)(H,24,26)/t15-,19+/m0/s1. The average molecular weight is 432 g/mol. The van der Waals surface area contributed by atoms with Crippen LogP contribution in [0, 0.1) is 11.8 Å². The fourth-order valence-corrected chi connectivity index (χ4v) is 4.12. The van der Waals surface area contributed by atoms with Crippen LogP contribution >= 0.6 is 11.3 Å². The van der Waals surface area contributed by atoms with E-state index in [9.17, 15) is 14.4 Å². The van der Waals surface area contributed by atoms with E-state index in [1.807, 2.05) is 32.2 Å². The van der Waals surface area contributed by atoms with Gasteiger partial charge in [0.25, 0.3) is 11.8 Å². The second-order valence-corrected chi connectivity index (χ2v) is 9.02. The number of likely N-dealkylation sites (tertiary alicyclic amines) is 1. The van der Waals surface area contributed by atoms with Crippen molar-refractivity contribution < 1.29 is 18.8 Å². The molecule has 0 bridgehead atoms. The van der Waals surface area contributed by atoms with Crippen molar-refractivity contribution >= 4 is 29.1 Å². The molecule has 1 aliphatic rings. The van der Waals surface area contributed by atoms with E-state index in [-0.39, 0.29) is 35.6 Å². The molecule has 162 valence electrons. The molecule has 0 spiro atoms. The van der Waals surface area contributed by atoms with Gasteiger partial charge in [-0.1, -0.05) is 19.9 Å². The van der Waals surface area contributed by atoms with Crippen LogP contribution in [-0.2, 0) is 4.79 Å². The number of amides is 3. The minimum Gasteiger partial charge on any atom is -0.459 e. The van der Waals surface area contributed by atoms with Gasteiger partial charge in [-0.25, -0.2) is 0 Å². The molecule has 2 N–H and O–H groups in total. The molecule has 7 nitrogen and oxygen atoms in total. The van der Waals surface area contributed by atoms with E-state index >= 15 is 0 Å². The molecule has 3 rings (SSSR count). The SMILES string of the molecule is CC(C)[C@H](C)NC(=O)[C@H](NC(=O)c1cccs1)C1CCN(C(=O)c2ccco2)CC1. The molecule has 0 radical (unpaired) electrons. The van der Waals surface area contributed by atoms with Crippen LogP contribution in [0.4, 0.5) is 0 Å². The first-order valence-corrected chi connectivity index (χ1v) is 11.2. The zero-order chi connectivity index (χ0) is 21.7. The monoisotopic (exact) mass is 431 g/mol. The summed E-state index contributed by atoms with van der Waals surface area (Å²) in [7, 11) is 0. The Hall–Kier alpha value is -2.61. The van der Waals surface area contributed by atoms with Crippen molar-refractivity contribution in [3.05, 3.63) is 46.5 Å². The molecule has 30 heavy (non-hydrogen) atoms. The van der Waals surface area contributed by atoms with Crippen LogP contribution in [-0.4, -0.2) is 47.8 Å². The highest BCUT2D eigenvalue weighted by atomic mass is 32.1. The summed E-state index contributed by atoms with van der Waals surface area (Å²) < 4.78 is 5.21. The van der Waals surface area contributed by atoms with Gasteiger partial charge in [-0.3, -0.25) is 14.4 Å². The van der Waals surface area contributed by atoms with Gasteiger partial charge in [0, 0.05) is 19.1 Å². The third-order valence-corrected chi connectivity index (χ3v) is 6.58. The molecule has 3 amide bonds. The molecule has 0 aromatic carbocycles. The van der Waals surface area contributed by atoms with Gasteiger partial charge >= 0.3 is 0 Å². The molecule has 1 aliphatic heterocycles. The first kappa shape index (κ1) is 22.1. The number of hydrogen-bond donors (Lipinski definition) is 2. The Morgan fingerprint density at radius 1 is 1.10 bits per heavy atom. The maximum atomic E-state index is 13.0. The van der Waals surface area contributed by atoms with E-state index in [1.54, 1.807) is 23.1 Å². The third kappa shape index (κ3) is 5.30. The second-order valence-electron chi connectivity index (χ2n) is 8.08. The summed E-state index contributed by atoms with van der Waals surface area (Å²) in [5.41, 5.74) is 0. The maximum Gasteiger partial charge on any atom is 0.289 e. The first-order chi connectivity index (χ1) is 14.4. The van der Waals surface area contributed by atoms with Gasteiger partial charge < -0.3 is 20.0 Å². The Kier molecular flexibility index (Phi) is 7.31. The van der Waals surface area contributed by atoms with Crippen molar-refractivity contribution in [1.82, 2.24) is 15.5 Å². The van der Waals surface area contributed by atoms with Crippen LogP contribution in [0.15, 0.2) is 40.3 Å². The van der Waals surface area contributed by atoms with Gasteiger partial charge in [0.05, 0.1) is 11.1 Å². The van der Waals surface area contributed by atoms with Crippen molar-refractivity contribution in [2.24, 2.45) is 11.8 Å². The lowest BCUT2D eigenvalue weighted by Gasteiger charge is -2.36. The van der Waals surface area contributed by atoms with E-state index in [1.165, 1.54) is 17.6 Å². The highest BCUT2D eigenvalue weighted by Gasteiger charge is 2.35. The topological polar surface area (TPSA) is 91.7 Å². The molecule has 1 fully saturated rings. The number of thiophene rings is 1. The van der Waals surface area contributed by atoms with E-state index < -0.39 is 6.04 Å². The Morgan fingerprint density at radius 3 is 2.40 bits per heavy atom. The minimum absolute atomic E-state index is 0.000686. The summed E-state index contributed by atoms with van der Waals surface area (Å²) in [6, 6.07) is 6.26. The lowest BCUT2D eigenvalue weighted by Crippen LogP contribution is -2.55. The Labute approximate surface area is 180 Å². The number of furan rings is 1. The molecule has 1 saturated heterocycles. The molecule has 0 saturated carbocycles. The maximum absolute atomic E-state index is 13.0. The van der Waals surface area contributed by atoms with Gasteiger partial charge in [-0.15, -0.1) is 11.3 Å². The summed E-state index contributed by atoms with van der Waals surface area (Å²) in [5, 5.41) is 7.82. The van der Waals surface area contributed by atoms with E-state index in [0.29, 0.717) is 36.6 Å². The summed E-state index contributed by atoms with van der Waals surface area (Å²) in [4.78, 5) is 40.5. The fourth-order valence-electron chi connectivity index (χ4n) is 3.49. The Balaban J connectivity index is 1.67. The van der Waals surface area contributed by atoms with Gasteiger partial charge in [0.15, 0.2) is 5.76 Å². The normalized spacial score (nSPS) is 16.9. The fraction of sp³-hybridized carbons (Fsp3) is 0.500. The van der Waals surface area contributed by atoms with Crippen molar-refractivity contribution in [2.75, 3.05) is 13.1 Å². The molecule has 3 heterocycles. The third-order valence-electron chi connectivity index (χ3n) is 5.71. The molecular weight excluding hydrogens is 402 g/mol. The molecule has 2 atom stereocenters. The molecule has 0 unspecified atom stereocenters. The molecule has 2 aromatic rings. The number of hydrogen-bond acceptors (Lipinski definition) is 5. The van der Waals surface area contributed by atoms with Crippen LogP contribution in [0.5, 0.6) is 0 Å². The zero-order valence-electron chi connectivity index (χ0n) is 17.6. The lowest BCUT2D eigenvalue weighted by atomic mass is 9.88. The predicted octanol–water partition coefficient (Wildman–Crippen LogP) is 3.15. The predicted molar refractivity (Wildman–Crippen MR) is 115 cm³/mol. The number of rotatable bonds is 7. The molecule has 0 aliphatic carbocycles. The van der Waals surface area contributed by atoms with Crippen LogP contribution in [0.25, 0.3) is 0 Å². The summed E-state index contributed by atoms with van der Waals surface area (Å²) in [5.74, 6) is 0.00708. The van der Waals surface area contributed by atoms with Crippen LogP contribution in [0.1, 0.15) is 53.8 Å². The molecule has 2 aromatic heterocycles. The Bertz CT molecular complexity index is 840. The van der Waals surface area contributed by atoms with Crippen LogP contribution < -0.4 is 10.6 Å². The highest BCUT2D eigenvalue weighted by Crippen LogP contribution is 2.23. The smallest absolute Gasteiger partial charge is 0.289 e. The average Bonchev–Trinajstić information content (AvgIpc) is 3.45. The van der Waals surface area contributed by atoms with Crippen LogP contribution in [0.3, 0.4) is 0 Å². The lowest BCUT2D eigenvalue weighted by molar-refractivity contribution is -0.125. The first-order valence-electron chi connectivity index (χ1n) is 10.3. The number of carbonyl (C=O) groups excluding carboxylic acids is 3. The summed E-state index contributed by atoms with van der Waals surface area (Å²) in [6.07, 6.45) is 2.74. The summed E-state index contributed by atoms with van der Waals surface area (Å²) in [6.45, 7) is 7.09. The van der Waals surface area contributed by atoms with E-state index in [2.05, 4.69) is 10.6 Å². The van der Waals surface area contributed by atoms with Gasteiger partial charge in [-0.2, -0.15) is 0 Å². The van der Waals surface area contributed by atoms with Crippen molar-refractivity contribution in [3.8, 4) is 0 Å². The number of nitrogens with one attached hydrogen (secondary N) is 2. The van der Waals surface area contributed by atoms with Gasteiger partial charge in [-0.05, 0) is 55.2 Å². The van der Waals surface area contributed by atoms with Crippen molar-refractivity contribution in [1.29, 1.82) is 0 Å².